The van der Waals surface area contributed by atoms with Crippen LogP contribution in [0.5, 0.6) is 5.75 Å². The van der Waals surface area contributed by atoms with Crippen molar-refractivity contribution in [1.82, 2.24) is 25.0 Å². The summed E-state index contributed by atoms with van der Waals surface area (Å²) in [5.41, 5.74) is 0. The number of nitrogens with zero attached hydrogens (tertiary/aromatic N) is 4. The molecule has 0 radical (unpaired) electrons. The number of ether oxygens (including phenoxy) is 1. The van der Waals surface area contributed by atoms with Crippen LogP contribution in [0.25, 0.3) is 0 Å². The van der Waals surface area contributed by atoms with Gasteiger partial charge < -0.3 is 15.0 Å². The molecule has 2 amide bonds. The van der Waals surface area contributed by atoms with Crippen LogP contribution in [-0.4, -0.2) is 44.9 Å². The lowest BCUT2D eigenvalue weighted by molar-refractivity contribution is 0.111. The van der Waals surface area contributed by atoms with Crippen molar-refractivity contribution >= 4 is 17.6 Å². The number of carbonyl (C=O) groups excluding carboxylic acids is 1. The van der Waals surface area contributed by atoms with Gasteiger partial charge in [0.1, 0.15) is 24.0 Å². The van der Waals surface area contributed by atoms with Crippen LogP contribution < -0.4 is 10.1 Å². The molecule has 2 heterocycles. The maximum Gasteiger partial charge on any atom is 0.317 e. The lowest BCUT2D eigenvalue weighted by atomic mass is 10.1. The van der Waals surface area contributed by atoms with Gasteiger partial charge in [-0.1, -0.05) is 23.7 Å². The van der Waals surface area contributed by atoms with E-state index in [0.29, 0.717) is 30.4 Å². The number of amides is 2. The van der Waals surface area contributed by atoms with Gasteiger partial charge in [-0.3, -0.25) is 4.68 Å². The van der Waals surface area contributed by atoms with Crippen LogP contribution in [0, 0.1) is 0 Å². The number of piperidine rings is 1. The number of likely N-dealkylation sites (tertiary alicyclic amines) is 1. The minimum atomic E-state index is -0.0887. The average Bonchev–Trinajstić information content (AvgIpc) is 3.00. The number of hydrogen-bond donors (Lipinski definition) is 1. The highest BCUT2D eigenvalue weighted by molar-refractivity contribution is 6.32. The van der Waals surface area contributed by atoms with Crippen LogP contribution in [0.3, 0.4) is 0 Å². The summed E-state index contributed by atoms with van der Waals surface area (Å²) in [6.07, 6.45) is 3.11. The number of para-hydroxylation sites is 1. The summed E-state index contributed by atoms with van der Waals surface area (Å²) in [5.74, 6) is 1.42. The number of nitrogens with one attached hydrogen (secondary N) is 1. The molecule has 3 rings (SSSR count). The first-order valence-electron chi connectivity index (χ1n) is 7.90. The second kappa shape index (κ2) is 7.53. The molecular weight excluding hydrogens is 330 g/mol. The van der Waals surface area contributed by atoms with Gasteiger partial charge in [-0.05, 0) is 12.1 Å². The van der Waals surface area contributed by atoms with Crippen molar-refractivity contribution in [3.05, 3.63) is 41.4 Å². The van der Waals surface area contributed by atoms with E-state index in [0.717, 1.165) is 18.7 Å². The highest BCUT2D eigenvalue weighted by Crippen LogP contribution is 2.26. The average molecular weight is 350 g/mol. The predicted molar refractivity (Wildman–Crippen MR) is 89.9 cm³/mol. The highest BCUT2D eigenvalue weighted by Gasteiger charge is 2.24. The normalized spacial score (nSPS) is 15.3. The van der Waals surface area contributed by atoms with Crippen molar-refractivity contribution in [3.63, 3.8) is 0 Å². The number of hydrogen-bond acceptors (Lipinski definition) is 4. The van der Waals surface area contributed by atoms with Crippen molar-refractivity contribution in [3.8, 4) is 5.75 Å². The first-order chi connectivity index (χ1) is 11.6. The van der Waals surface area contributed by atoms with Crippen molar-refractivity contribution in [2.75, 3.05) is 13.1 Å². The van der Waals surface area contributed by atoms with Crippen molar-refractivity contribution < 1.29 is 9.53 Å². The molecule has 0 bridgehead atoms. The van der Waals surface area contributed by atoms with Gasteiger partial charge in [0, 0.05) is 33.0 Å². The predicted octanol–water partition coefficient (Wildman–Crippen LogP) is 2.22. The number of rotatable bonds is 4. The third kappa shape index (κ3) is 3.97. The van der Waals surface area contributed by atoms with E-state index in [1.54, 1.807) is 16.6 Å². The van der Waals surface area contributed by atoms with Gasteiger partial charge in [0.05, 0.1) is 11.6 Å². The molecule has 1 aliphatic rings. The number of aryl methyl sites for hydroxylation is 1. The van der Waals surface area contributed by atoms with Gasteiger partial charge in [-0.2, -0.15) is 5.10 Å². The van der Waals surface area contributed by atoms with Gasteiger partial charge in [0.25, 0.3) is 0 Å². The second-order valence-electron chi connectivity index (χ2n) is 5.69. The molecule has 2 aromatic rings. The van der Waals surface area contributed by atoms with E-state index >= 15 is 0 Å². The molecule has 0 saturated carbocycles. The Bertz CT molecular complexity index is 697. The van der Waals surface area contributed by atoms with Gasteiger partial charge in [0.15, 0.2) is 0 Å². The van der Waals surface area contributed by atoms with Crippen LogP contribution in [0.2, 0.25) is 5.02 Å². The molecule has 1 saturated heterocycles. The molecule has 1 fully saturated rings. The van der Waals surface area contributed by atoms with E-state index in [1.807, 2.05) is 24.3 Å². The Balaban J connectivity index is 1.45. The SMILES string of the molecule is Cn1ncnc1CNC(=O)N1CCC(Oc2ccccc2Cl)CC1. The van der Waals surface area contributed by atoms with E-state index < -0.39 is 0 Å². The van der Waals surface area contributed by atoms with Crippen molar-refractivity contribution in [2.45, 2.75) is 25.5 Å². The lowest BCUT2D eigenvalue weighted by Gasteiger charge is -2.32. The van der Waals surface area contributed by atoms with Gasteiger partial charge in [0.2, 0.25) is 0 Å². The zero-order valence-corrected chi connectivity index (χ0v) is 14.2. The fraction of sp³-hybridized carbons (Fsp3) is 0.438. The molecule has 0 unspecified atom stereocenters. The standard InChI is InChI=1S/C16H20ClN5O2/c1-21-15(19-11-20-21)10-18-16(23)22-8-6-12(7-9-22)24-14-5-3-2-4-13(14)17/h2-5,11-12H,6-10H2,1H3,(H,18,23). The fourth-order valence-electron chi connectivity index (χ4n) is 2.64. The Hall–Kier alpha value is -2.28. The zero-order chi connectivity index (χ0) is 16.9. The Kier molecular flexibility index (Phi) is 5.20. The Morgan fingerprint density at radius 3 is 2.79 bits per heavy atom. The van der Waals surface area contributed by atoms with E-state index in [2.05, 4.69) is 15.4 Å². The third-order valence-corrected chi connectivity index (χ3v) is 4.37. The molecule has 0 spiro atoms. The van der Waals surface area contributed by atoms with Gasteiger partial charge in [-0.15, -0.1) is 0 Å². The van der Waals surface area contributed by atoms with E-state index in [1.165, 1.54) is 6.33 Å². The first-order valence-corrected chi connectivity index (χ1v) is 8.28. The Morgan fingerprint density at radius 1 is 1.38 bits per heavy atom. The molecular formula is C16H20ClN5O2. The maximum absolute atomic E-state index is 12.2. The molecule has 24 heavy (non-hydrogen) atoms. The molecule has 1 aromatic carbocycles. The molecule has 0 atom stereocenters. The smallest absolute Gasteiger partial charge is 0.317 e. The molecule has 7 nitrogen and oxygen atoms in total. The minimum absolute atomic E-state index is 0.0766. The van der Waals surface area contributed by atoms with E-state index in [9.17, 15) is 4.79 Å². The largest absolute Gasteiger partial charge is 0.489 e. The zero-order valence-electron chi connectivity index (χ0n) is 13.5. The number of benzene rings is 1. The summed E-state index contributed by atoms with van der Waals surface area (Å²) in [6.45, 7) is 1.67. The molecule has 0 aliphatic carbocycles. The van der Waals surface area contributed by atoms with Crippen LogP contribution in [-0.2, 0) is 13.6 Å². The van der Waals surface area contributed by atoms with Crippen LogP contribution >= 0.6 is 11.6 Å². The summed E-state index contributed by atoms with van der Waals surface area (Å²) in [4.78, 5) is 18.1. The molecule has 1 aromatic heterocycles. The Morgan fingerprint density at radius 2 is 2.12 bits per heavy atom. The van der Waals surface area contributed by atoms with Gasteiger partial charge >= 0.3 is 6.03 Å². The van der Waals surface area contributed by atoms with E-state index in [4.69, 9.17) is 16.3 Å². The second-order valence-corrected chi connectivity index (χ2v) is 6.10. The number of carbonyl (C=O) groups is 1. The third-order valence-electron chi connectivity index (χ3n) is 4.06. The monoisotopic (exact) mass is 349 g/mol. The van der Waals surface area contributed by atoms with E-state index in [-0.39, 0.29) is 12.1 Å². The van der Waals surface area contributed by atoms with Crippen LogP contribution in [0.15, 0.2) is 30.6 Å². The van der Waals surface area contributed by atoms with Crippen LogP contribution in [0.1, 0.15) is 18.7 Å². The lowest BCUT2D eigenvalue weighted by Crippen LogP contribution is -2.46. The summed E-state index contributed by atoms with van der Waals surface area (Å²) < 4.78 is 7.58. The summed E-state index contributed by atoms with van der Waals surface area (Å²) in [7, 11) is 1.80. The van der Waals surface area contributed by atoms with Crippen molar-refractivity contribution in [2.24, 2.45) is 7.05 Å². The molecule has 128 valence electrons. The topological polar surface area (TPSA) is 72.3 Å². The first kappa shape index (κ1) is 16.6. The summed E-state index contributed by atoms with van der Waals surface area (Å²) in [6, 6.07) is 7.36. The number of aromatic nitrogens is 3. The summed E-state index contributed by atoms with van der Waals surface area (Å²) in [5, 5.41) is 7.46. The fourth-order valence-corrected chi connectivity index (χ4v) is 2.82. The van der Waals surface area contributed by atoms with Crippen molar-refractivity contribution in [1.29, 1.82) is 0 Å². The quantitative estimate of drug-likeness (QED) is 0.918. The highest BCUT2D eigenvalue weighted by atomic mass is 35.5. The number of halogens is 1. The Labute approximate surface area is 145 Å². The van der Waals surface area contributed by atoms with Gasteiger partial charge in [-0.25, -0.2) is 9.78 Å². The number of urea groups is 1. The molecule has 1 N–H and O–H groups in total. The summed E-state index contributed by atoms with van der Waals surface area (Å²) >= 11 is 6.11. The van der Waals surface area contributed by atoms with Crippen LogP contribution in [0.4, 0.5) is 4.79 Å². The molecule has 1 aliphatic heterocycles. The molecule has 8 heteroatoms. The maximum atomic E-state index is 12.2. The minimum Gasteiger partial charge on any atom is -0.489 e.